The van der Waals surface area contributed by atoms with Crippen LogP contribution in [0.3, 0.4) is 0 Å². The molecule has 20 heteroatoms. The molecule has 0 spiro atoms. The summed E-state index contributed by atoms with van der Waals surface area (Å²) < 4.78 is 0. The second kappa shape index (κ2) is 20.6. The first kappa shape index (κ1) is 42.1. The number of carboxylic acid groups (broad SMARTS) is 1. The van der Waals surface area contributed by atoms with Gasteiger partial charge in [-0.25, -0.2) is 0 Å². The van der Waals surface area contributed by atoms with Gasteiger partial charge in [0.15, 0.2) is 0 Å². The van der Waals surface area contributed by atoms with Gasteiger partial charge in [0, 0.05) is 30.8 Å². The van der Waals surface area contributed by atoms with Crippen molar-refractivity contribution in [3.8, 4) is 5.75 Å². The second-order valence-electron chi connectivity index (χ2n) is 12.0. The van der Waals surface area contributed by atoms with Gasteiger partial charge < -0.3 is 54.0 Å². The van der Waals surface area contributed by atoms with Gasteiger partial charge in [-0.3, -0.25) is 38.4 Å². The van der Waals surface area contributed by atoms with Crippen LogP contribution in [0.1, 0.15) is 30.4 Å². The van der Waals surface area contributed by atoms with E-state index in [1.807, 2.05) is 0 Å². The third-order valence-corrected chi connectivity index (χ3v) is 10.3. The molecule has 0 saturated carbocycles. The van der Waals surface area contributed by atoms with E-state index in [2.05, 4.69) is 26.6 Å². The lowest BCUT2D eigenvalue weighted by molar-refractivity contribution is -0.138. The molecule has 0 aliphatic carbocycles. The number of nitrogens with two attached hydrogens (primary N) is 3. The van der Waals surface area contributed by atoms with Crippen LogP contribution in [0, 0.1) is 0 Å². The molecular weight excluding hydrogens is 733 g/mol. The van der Waals surface area contributed by atoms with Crippen molar-refractivity contribution in [2.24, 2.45) is 17.2 Å². The number of carboxylic acids is 1. The van der Waals surface area contributed by atoms with Crippen molar-refractivity contribution in [2.75, 3.05) is 11.5 Å². The Kier molecular flexibility index (Phi) is 16.4. The smallest absolute Gasteiger partial charge is 0.303 e. The Morgan fingerprint density at radius 3 is 1.72 bits per heavy atom. The molecule has 0 bridgehead atoms. The molecule has 0 aromatic heterocycles. The Labute approximate surface area is 311 Å². The lowest BCUT2D eigenvalue weighted by Crippen LogP contribution is -2.60. The number of rotatable bonds is 10. The average molecular weight is 775 g/mol. The Balaban J connectivity index is 2.05. The number of carbonyl (C=O) groups is 8. The molecule has 6 unspecified atom stereocenters. The molecule has 286 valence electrons. The summed E-state index contributed by atoms with van der Waals surface area (Å²) in [6.07, 6.45) is -2.01. The Morgan fingerprint density at radius 2 is 1.15 bits per heavy atom. The number of nitrogens with one attached hydrogen (secondary N) is 5. The van der Waals surface area contributed by atoms with E-state index in [9.17, 15) is 48.6 Å². The van der Waals surface area contributed by atoms with Crippen LogP contribution in [0.4, 0.5) is 0 Å². The number of benzene rings is 2. The highest BCUT2D eigenvalue weighted by Crippen LogP contribution is 2.23. The van der Waals surface area contributed by atoms with Crippen LogP contribution in [0.2, 0.25) is 0 Å². The molecular formula is C33H42N8O10S2. The van der Waals surface area contributed by atoms with Crippen molar-refractivity contribution < 1.29 is 48.6 Å². The Morgan fingerprint density at radius 1 is 0.660 bits per heavy atom. The van der Waals surface area contributed by atoms with Crippen molar-refractivity contribution in [2.45, 2.75) is 68.4 Å². The SMILES string of the molecule is NC(=O)CC1NC(=O)C(CCC(=O)O)NC(=O)C(Cc2ccccc2)NC(=O)C(Cc2ccc(O)cc2)NC(=O)C(N)CSSCC(C(N)=O)NC1=O. The summed E-state index contributed by atoms with van der Waals surface area (Å²) in [5.74, 6) is -7.99. The Bertz CT molecular complexity index is 1650. The number of phenols is 1. The van der Waals surface area contributed by atoms with Crippen molar-refractivity contribution in [1.82, 2.24) is 26.6 Å². The summed E-state index contributed by atoms with van der Waals surface area (Å²) in [7, 11) is 2.10. The normalized spacial score (nSPS) is 24.0. The van der Waals surface area contributed by atoms with E-state index < -0.39 is 103 Å². The lowest BCUT2D eigenvalue weighted by atomic mass is 10.0. The third kappa shape index (κ3) is 14.3. The fourth-order valence-electron chi connectivity index (χ4n) is 4.96. The zero-order valence-corrected chi connectivity index (χ0v) is 30.0. The molecule has 0 radical (unpaired) electrons. The van der Waals surface area contributed by atoms with Gasteiger partial charge in [0.05, 0.1) is 12.5 Å². The Hall–Kier alpha value is -5.34. The van der Waals surface area contributed by atoms with E-state index in [0.29, 0.717) is 11.1 Å². The minimum absolute atomic E-state index is 0.0133. The molecule has 13 N–H and O–H groups in total. The fourth-order valence-corrected chi connectivity index (χ4v) is 7.26. The number of phenolic OH excluding ortho intramolecular Hbond substituents is 1. The molecule has 1 aliphatic heterocycles. The average Bonchev–Trinajstić information content (AvgIpc) is 3.10. The summed E-state index contributed by atoms with van der Waals surface area (Å²) in [4.78, 5) is 103. The molecule has 3 rings (SSSR count). The van der Waals surface area contributed by atoms with Crippen LogP contribution in [0.5, 0.6) is 5.75 Å². The van der Waals surface area contributed by atoms with Crippen LogP contribution in [-0.2, 0) is 51.2 Å². The maximum Gasteiger partial charge on any atom is 0.303 e. The maximum atomic E-state index is 13.9. The van der Waals surface area contributed by atoms with E-state index in [1.165, 1.54) is 24.3 Å². The maximum absolute atomic E-state index is 13.9. The van der Waals surface area contributed by atoms with Crippen LogP contribution in [-0.4, -0.2) is 105 Å². The van der Waals surface area contributed by atoms with E-state index in [4.69, 9.17) is 17.2 Å². The summed E-state index contributed by atoms with van der Waals surface area (Å²) in [6.45, 7) is 0. The third-order valence-electron chi connectivity index (χ3n) is 7.81. The molecule has 1 aliphatic rings. The van der Waals surface area contributed by atoms with Crippen LogP contribution in [0.25, 0.3) is 0 Å². The first-order valence-electron chi connectivity index (χ1n) is 16.3. The number of carbonyl (C=O) groups excluding carboxylic acids is 7. The summed E-state index contributed by atoms with van der Waals surface area (Å²) in [5.41, 5.74) is 18.1. The summed E-state index contributed by atoms with van der Waals surface area (Å²) in [6, 6.07) is 5.93. The molecule has 1 fully saturated rings. The zero-order valence-electron chi connectivity index (χ0n) is 28.3. The van der Waals surface area contributed by atoms with Crippen LogP contribution >= 0.6 is 21.6 Å². The molecule has 1 saturated heterocycles. The van der Waals surface area contributed by atoms with Gasteiger partial charge in [0.25, 0.3) is 0 Å². The first-order chi connectivity index (χ1) is 25.1. The zero-order chi connectivity index (χ0) is 39.1. The number of hydrogen-bond acceptors (Lipinski definition) is 12. The number of primary amides is 2. The lowest BCUT2D eigenvalue weighted by Gasteiger charge is -2.27. The molecule has 18 nitrogen and oxygen atoms in total. The number of amides is 7. The van der Waals surface area contributed by atoms with Crippen molar-refractivity contribution >= 4 is 68.9 Å². The standard InChI is InChI=1S/C33H42N8O10S2/c34-20-15-52-53-16-25(28(36)46)41-33(51)24(14-26(35)43)40-30(48)21(10-11-27(44)45)37-31(49)23(12-17-4-2-1-3-5-17)39-32(50)22(38-29(20)47)13-18-6-8-19(42)9-7-18/h1-9,20-25,42H,10-16,34H2,(H2,35,43)(H2,36,46)(H,37,49)(H,38,47)(H,39,50)(H,40,48)(H,41,51)(H,44,45). The predicted molar refractivity (Wildman–Crippen MR) is 194 cm³/mol. The first-order valence-corrected chi connectivity index (χ1v) is 18.7. The molecule has 53 heavy (non-hydrogen) atoms. The summed E-state index contributed by atoms with van der Waals surface area (Å²) >= 11 is 0. The molecule has 6 atom stereocenters. The quantitative estimate of drug-likeness (QED) is 0.112. The molecule has 7 amide bonds. The molecule has 2 aromatic rings. The van der Waals surface area contributed by atoms with E-state index in [0.717, 1.165) is 21.6 Å². The van der Waals surface area contributed by atoms with Gasteiger partial charge in [-0.05, 0) is 29.7 Å². The number of aliphatic carboxylic acids is 1. The van der Waals surface area contributed by atoms with Crippen molar-refractivity contribution in [3.63, 3.8) is 0 Å². The largest absolute Gasteiger partial charge is 0.508 e. The van der Waals surface area contributed by atoms with Gasteiger partial charge in [-0.2, -0.15) is 0 Å². The monoisotopic (exact) mass is 774 g/mol. The van der Waals surface area contributed by atoms with Crippen molar-refractivity contribution in [3.05, 3.63) is 65.7 Å². The van der Waals surface area contributed by atoms with Gasteiger partial charge in [-0.1, -0.05) is 64.1 Å². The number of aromatic hydroxyl groups is 1. The second-order valence-corrected chi connectivity index (χ2v) is 14.6. The van der Waals surface area contributed by atoms with Crippen LogP contribution < -0.4 is 43.8 Å². The topological polar surface area (TPSA) is 315 Å². The predicted octanol–water partition coefficient (Wildman–Crippen LogP) is -2.45. The van der Waals surface area contributed by atoms with Gasteiger partial charge in [0.1, 0.15) is 36.0 Å². The van der Waals surface area contributed by atoms with Gasteiger partial charge in [-0.15, -0.1) is 0 Å². The fraction of sp³-hybridized carbons (Fsp3) is 0.394. The highest BCUT2D eigenvalue weighted by Gasteiger charge is 2.34. The van der Waals surface area contributed by atoms with Gasteiger partial charge in [0.2, 0.25) is 41.4 Å². The summed E-state index contributed by atoms with van der Waals surface area (Å²) in [5, 5.41) is 31.5. The highest BCUT2D eigenvalue weighted by atomic mass is 33.1. The van der Waals surface area contributed by atoms with Gasteiger partial charge >= 0.3 is 5.97 Å². The highest BCUT2D eigenvalue weighted by molar-refractivity contribution is 8.76. The van der Waals surface area contributed by atoms with Crippen LogP contribution in [0.15, 0.2) is 54.6 Å². The van der Waals surface area contributed by atoms with E-state index >= 15 is 0 Å². The number of hydrogen-bond donors (Lipinski definition) is 10. The van der Waals surface area contributed by atoms with E-state index in [-0.39, 0.29) is 30.1 Å². The molecule has 1 heterocycles. The minimum atomic E-state index is -1.66. The molecule has 2 aromatic carbocycles. The van der Waals surface area contributed by atoms with Crippen molar-refractivity contribution in [1.29, 1.82) is 0 Å². The minimum Gasteiger partial charge on any atom is -0.508 e. The van der Waals surface area contributed by atoms with E-state index in [1.54, 1.807) is 30.3 Å².